The van der Waals surface area contributed by atoms with Crippen LogP contribution in [0.25, 0.3) is 16.8 Å². The molecule has 10 heteroatoms. The first-order valence-electron chi connectivity index (χ1n) is 12.0. The molecule has 1 saturated heterocycles. The van der Waals surface area contributed by atoms with Gasteiger partial charge >= 0.3 is 5.69 Å². The minimum Gasteiger partial charge on any atom is -0.494 e. The number of nitrogens with one attached hydrogen (secondary N) is 2. The van der Waals surface area contributed by atoms with E-state index in [1.165, 1.54) is 10.8 Å². The van der Waals surface area contributed by atoms with Crippen LogP contribution in [0, 0.1) is 0 Å². The summed E-state index contributed by atoms with van der Waals surface area (Å²) in [5.41, 5.74) is 2.25. The number of likely N-dealkylation sites (N-methyl/N-ethyl adjacent to an activating group) is 1. The summed E-state index contributed by atoms with van der Waals surface area (Å²) in [4.78, 5) is 38.1. The lowest BCUT2D eigenvalue weighted by Crippen LogP contribution is -2.44. The normalized spacial score (nSPS) is 14.9. The van der Waals surface area contributed by atoms with Gasteiger partial charge in [-0.3, -0.25) is 24.3 Å². The fourth-order valence-corrected chi connectivity index (χ4v) is 4.40. The Morgan fingerprint density at radius 1 is 0.973 bits per heavy atom. The van der Waals surface area contributed by atoms with Crippen LogP contribution >= 0.6 is 0 Å². The van der Waals surface area contributed by atoms with Gasteiger partial charge in [0.05, 0.1) is 17.4 Å². The molecule has 4 N–H and O–H groups in total. The molecular formula is C27H28N6O4. The number of piperazine rings is 1. The van der Waals surface area contributed by atoms with E-state index >= 15 is 0 Å². The molecule has 0 radical (unpaired) electrons. The molecule has 0 bridgehead atoms. The second-order valence-corrected chi connectivity index (χ2v) is 9.09. The number of anilines is 1. The number of pyridine rings is 1. The number of imidazole rings is 1. The van der Waals surface area contributed by atoms with Crippen LogP contribution in [0.4, 0.5) is 11.4 Å². The zero-order valence-corrected chi connectivity index (χ0v) is 20.4. The van der Waals surface area contributed by atoms with Crippen molar-refractivity contribution in [2.75, 3.05) is 38.1 Å². The Labute approximate surface area is 212 Å². The lowest BCUT2D eigenvalue weighted by molar-refractivity contribution is 0.313. The molecule has 0 amide bonds. The van der Waals surface area contributed by atoms with Gasteiger partial charge in [0.2, 0.25) is 11.8 Å². The third kappa shape index (κ3) is 5.34. The molecule has 0 aliphatic carbocycles. The van der Waals surface area contributed by atoms with Gasteiger partial charge in [-0.15, -0.1) is 0 Å². The third-order valence-electron chi connectivity index (χ3n) is 6.51. The zero-order valence-electron chi connectivity index (χ0n) is 20.4. The molecule has 3 heterocycles. The molecule has 4 aromatic rings. The van der Waals surface area contributed by atoms with Crippen molar-refractivity contribution in [2.24, 2.45) is 4.99 Å². The number of hydrogen-bond acceptors (Lipinski definition) is 7. The maximum absolute atomic E-state index is 12.4. The van der Waals surface area contributed by atoms with E-state index < -0.39 is 11.2 Å². The highest BCUT2D eigenvalue weighted by molar-refractivity contribution is 6.02. The van der Waals surface area contributed by atoms with Gasteiger partial charge < -0.3 is 20.0 Å². The molecule has 2 aromatic carbocycles. The van der Waals surface area contributed by atoms with E-state index in [1.54, 1.807) is 36.6 Å². The fraction of sp³-hybridized carbons (Fsp3) is 0.222. The van der Waals surface area contributed by atoms with Crippen LogP contribution in [-0.2, 0) is 6.54 Å². The van der Waals surface area contributed by atoms with E-state index in [2.05, 4.69) is 31.8 Å². The van der Waals surface area contributed by atoms with Crippen LogP contribution in [0.2, 0.25) is 0 Å². The van der Waals surface area contributed by atoms with Crippen molar-refractivity contribution in [3.8, 4) is 11.8 Å². The summed E-state index contributed by atoms with van der Waals surface area (Å²) in [7, 11) is 2.13. The van der Waals surface area contributed by atoms with Gasteiger partial charge in [-0.25, -0.2) is 4.79 Å². The Balaban J connectivity index is 1.39. The number of allylic oxidation sites excluding steroid dienone is 1. The maximum Gasteiger partial charge on any atom is 0.328 e. The van der Waals surface area contributed by atoms with Gasteiger partial charge in [-0.05, 0) is 49.0 Å². The van der Waals surface area contributed by atoms with E-state index in [1.807, 2.05) is 24.3 Å². The Hall–Kier alpha value is -4.57. The second kappa shape index (κ2) is 10.2. The molecule has 0 saturated carbocycles. The summed E-state index contributed by atoms with van der Waals surface area (Å²) in [6.45, 7) is 4.29. The van der Waals surface area contributed by atoms with Crippen LogP contribution in [0.5, 0.6) is 11.8 Å². The van der Waals surface area contributed by atoms with Crippen molar-refractivity contribution >= 4 is 34.4 Å². The summed E-state index contributed by atoms with van der Waals surface area (Å²) >= 11 is 0. The predicted octanol–water partition coefficient (Wildman–Crippen LogP) is 2.64. The van der Waals surface area contributed by atoms with Crippen molar-refractivity contribution in [2.45, 2.75) is 6.54 Å². The van der Waals surface area contributed by atoms with Crippen molar-refractivity contribution in [3.63, 3.8) is 0 Å². The van der Waals surface area contributed by atoms with Crippen LogP contribution in [0.1, 0.15) is 11.1 Å². The number of benzene rings is 2. The number of aromatic nitrogens is 3. The molecule has 1 fully saturated rings. The summed E-state index contributed by atoms with van der Waals surface area (Å²) < 4.78 is 1.33. The van der Waals surface area contributed by atoms with Crippen molar-refractivity contribution in [1.29, 1.82) is 0 Å². The highest BCUT2D eigenvalue weighted by atomic mass is 16.3. The molecule has 10 nitrogen and oxygen atoms in total. The quantitative estimate of drug-likeness (QED) is 0.301. The zero-order chi connectivity index (χ0) is 25.9. The van der Waals surface area contributed by atoms with Gasteiger partial charge in [0.15, 0.2) is 0 Å². The number of nitrogens with zero attached hydrogens (tertiary/aromatic N) is 4. The van der Waals surface area contributed by atoms with Gasteiger partial charge in [0.1, 0.15) is 0 Å². The first-order chi connectivity index (χ1) is 17.9. The fourth-order valence-electron chi connectivity index (χ4n) is 4.40. The molecule has 1 aliphatic heterocycles. The molecule has 0 atom stereocenters. The average Bonchev–Trinajstić information content (AvgIpc) is 3.21. The highest BCUT2D eigenvalue weighted by Gasteiger charge is 2.14. The Morgan fingerprint density at radius 2 is 1.73 bits per heavy atom. The van der Waals surface area contributed by atoms with Crippen molar-refractivity contribution < 1.29 is 10.2 Å². The number of hydrogen-bond donors (Lipinski definition) is 4. The number of aromatic hydroxyl groups is 2. The summed E-state index contributed by atoms with van der Waals surface area (Å²) in [5, 5.41) is 20.9. The van der Waals surface area contributed by atoms with Gasteiger partial charge in [0, 0.05) is 55.4 Å². The van der Waals surface area contributed by atoms with Gasteiger partial charge in [-0.2, -0.15) is 0 Å². The van der Waals surface area contributed by atoms with Crippen LogP contribution in [0.3, 0.4) is 0 Å². The average molecular weight is 501 g/mol. The smallest absolute Gasteiger partial charge is 0.328 e. The number of aromatic amines is 2. The molecule has 190 valence electrons. The number of aliphatic imine (C=N–C) groups is 1. The van der Waals surface area contributed by atoms with E-state index in [4.69, 9.17) is 0 Å². The molecule has 5 rings (SSSR count). The summed E-state index contributed by atoms with van der Waals surface area (Å²) in [6.07, 6.45) is 6.43. The van der Waals surface area contributed by atoms with E-state index in [-0.39, 0.29) is 18.3 Å². The number of fused-ring (bicyclic) bond motifs is 1. The van der Waals surface area contributed by atoms with Crippen molar-refractivity contribution in [3.05, 3.63) is 86.7 Å². The largest absolute Gasteiger partial charge is 0.494 e. The van der Waals surface area contributed by atoms with Crippen LogP contribution in [0.15, 0.2) is 69.3 Å². The molecular weight excluding hydrogens is 472 g/mol. The Morgan fingerprint density at radius 3 is 2.43 bits per heavy atom. The van der Waals surface area contributed by atoms with E-state index in [0.29, 0.717) is 16.3 Å². The van der Waals surface area contributed by atoms with Crippen molar-refractivity contribution in [1.82, 2.24) is 19.4 Å². The maximum atomic E-state index is 12.4. The van der Waals surface area contributed by atoms with Gasteiger partial charge in [0.25, 0.3) is 5.56 Å². The van der Waals surface area contributed by atoms with E-state index in [9.17, 15) is 19.8 Å². The van der Waals surface area contributed by atoms with E-state index in [0.717, 1.165) is 43.1 Å². The van der Waals surface area contributed by atoms with Crippen LogP contribution < -0.4 is 16.1 Å². The summed E-state index contributed by atoms with van der Waals surface area (Å²) in [6, 6.07) is 13.2. The third-order valence-corrected chi connectivity index (χ3v) is 6.51. The Kier molecular flexibility index (Phi) is 6.65. The number of rotatable bonds is 6. The molecule has 0 unspecified atom stereocenters. The summed E-state index contributed by atoms with van der Waals surface area (Å²) in [5.74, 6) is -0.456. The molecule has 2 aromatic heterocycles. The van der Waals surface area contributed by atoms with Gasteiger partial charge in [-0.1, -0.05) is 18.2 Å². The molecule has 37 heavy (non-hydrogen) atoms. The van der Waals surface area contributed by atoms with Crippen LogP contribution in [-0.4, -0.2) is 69.1 Å². The second-order valence-electron chi connectivity index (χ2n) is 9.09. The Bertz CT molecular complexity index is 1590. The minimum atomic E-state index is -0.410. The molecule has 1 aliphatic rings. The monoisotopic (exact) mass is 500 g/mol. The first-order valence-corrected chi connectivity index (χ1v) is 12.0. The standard InChI is InChI=1S/C27H28N6O4/c1-31-11-13-32(14-12-31)20-7-5-19(6-8-20)28-16-23-22-15-18(4-9-21(22)25(35)30-26(23)36)3-2-10-33-17-24(34)29-27(33)37/h2-9,15-17,34H,10-14H2,1H3,(H,29,37)(H2,30,35,36). The lowest BCUT2D eigenvalue weighted by atomic mass is 10.0. The topological polar surface area (TPSA) is 130 Å². The lowest BCUT2D eigenvalue weighted by Gasteiger charge is -2.34. The SMILES string of the molecule is CN1CCN(c2ccc(N=Cc3c(O)[nH]c(=O)c4ccc(C=CCn5cc(O)[nH]c5=O)cc34)cc2)CC1. The number of H-pyrrole nitrogens is 2. The first kappa shape index (κ1) is 24.1. The predicted molar refractivity (Wildman–Crippen MR) is 145 cm³/mol. The molecule has 0 spiro atoms. The minimum absolute atomic E-state index is 0.197. The highest BCUT2D eigenvalue weighted by Crippen LogP contribution is 2.25.